The van der Waals surface area contributed by atoms with Crippen LogP contribution in [0.2, 0.25) is 0 Å². The Hall–Kier alpha value is -0.870. The van der Waals surface area contributed by atoms with Crippen LogP contribution in [0, 0.1) is 0 Å². The Balaban J connectivity index is 2.97. The summed E-state index contributed by atoms with van der Waals surface area (Å²) in [6.45, 7) is 8.74. The van der Waals surface area contributed by atoms with E-state index >= 15 is 0 Å². The van der Waals surface area contributed by atoms with E-state index < -0.39 is 23.5 Å². The van der Waals surface area contributed by atoms with E-state index in [1.807, 2.05) is 0 Å². The number of esters is 1. The third kappa shape index (κ3) is 1.67. The van der Waals surface area contributed by atoms with E-state index in [1.54, 1.807) is 26.8 Å². The summed E-state index contributed by atoms with van der Waals surface area (Å²) in [5.41, 5.74) is -1.10. The lowest BCUT2D eigenvalue weighted by molar-refractivity contribution is -0.184. The minimum Gasteiger partial charge on any atom is -0.467 e. The Morgan fingerprint density at radius 3 is 2.50 bits per heavy atom. The molecule has 14 heavy (non-hydrogen) atoms. The SMILES string of the molecule is C=C[C@H]1OC(C)(C)O[C@@]1(C)C(=O)OC. The van der Waals surface area contributed by atoms with Crippen molar-refractivity contribution in [3.63, 3.8) is 0 Å². The topological polar surface area (TPSA) is 44.8 Å². The maximum Gasteiger partial charge on any atom is 0.341 e. The van der Waals surface area contributed by atoms with Crippen LogP contribution in [0.1, 0.15) is 20.8 Å². The molecule has 0 aromatic rings. The maximum atomic E-state index is 11.5. The summed E-state index contributed by atoms with van der Waals surface area (Å²) in [4.78, 5) is 11.5. The van der Waals surface area contributed by atoms with Crippen LogP contribution >= 0.6 is 0 Å². The van der Waals surface area contributed by atoms with Crippen molar-refractivity contribution in [3.05, 3.63) is 12.7 Å². The molecule has 0 N–H and O–H groups in total. The summed E-state index contributed by atoms with van der Waals surface area (Å²) >= 11 is 0. The van der Waals surface area contributed by atoms with Gasteiger partial charge >= 0.3 is 5.97 Å². The zero-order valence-electron chi connectivity index (χ0n) is 8.99. The van der Waals surface area contributed by atoms with Crippen LogP contribution < -0.4 is 0 Å². The average Bonchev–Trinajstić information content (AvgIpc) is 2.35. The van der Waals surface area contributed by atoms with E-state index in [2.05, 4.69) is 11.3 Å². The molecule has 4 nitrogen and oxygen atoms in total. The molecule has 0 amide bonds. The number of ether oxygens (including phenoxy) is 3. The molecular weight excluding hydrogens is 184 g/mol. The monoisotopic (exact) mass is 200 g/mol. The molecule has 0 aromatic heterocycles. The van der Waals surface area contributed by atoms with Crippen molar-refractivity contribution in [2.24, 2.45) is 0 Å². The average molecular weight is 200 g/mol. The molecule has 0 saturated carbocycles. The van der Waals surface area contributed by atoms with E-state index in [0.29, 0.717) is 0 Å². The standard InChI is InChI=1S/C10H16O4/c1-6-7-10(4,8(11)12-5)14-9(2,3)13-7/h6-7H,1H2,2-5H3/t7-,10-/m1/s1. The fraction of sp³-hybridized carbons (Fsp3) is 0.700. The highest BCUT2D eigenvalue weighted by Crippen LogP contribution is 2.37. The Labute approximate surface area is 83.8 Å². The van der Waals surface area contributed by atoms with Crippen molar-refractivity contribution in [1.29, 1.82) is 0 Å². The molecule has 1 rings (SSSR count). The Morgan fingerprint density at radius 1 is 1.50 bits per heavy atom. The molecule has 0 aromatic carbocycles. The van der Waals surface area contributed by atoms with Crippen molar-refractivity contribution in [1.82, 2.24) is 0 Å². The number of rotatable bonds is 2. The summed E-state index contributed by atoms with van der Waals surface area (Å²) in [6, 6.07) is 0. The highest BCUT2D eigenvalue weighted by atomic mass is 16.8. The van der Waals surface area contributed by atoms with Gasteiger partial charge in [0.05, 0.1) is 7.11 Å². The van der Waals surface area contributed by atoms with Gasteiger partial charge in [0, 0.05) is 0 Å². The van der Waals surface area contributed by atoms with Crippen LogP contribution in [0.5, 0.6) is 0 Å². The molecular formula is C10H16O4. The van der Waals surface area contributed by atoms with Gasteiger partial charge < -0.3 is 14.2 Å². The summed E-state index contributed by atoms with van der Waals surface area (Å²) in [6.07, 6.45) is 1.07. The Kier molecular flexibility index (Phi) is 2.69. The van der Waals surface area contributed by atoms with Crippen molar-refractivity contribution < 1.29 is 19.0 Å². The lowest BCUT2D eigenvalue weighted by atomic mass is 10.00. The highest BCUT2D eigenvalue weighted by Gasteiger charge is 2.54. The molecule has 1 aliphatic heterocycles. The molecule has 0 spiro atoms. The summed E-state index contributed by atoms with van der Waals surface area (Å²) < 4.78 is 15.7. The normalized spacial score (nSPS) is 35.3. The molecule has 4 heteroatoms. The first-order valence-electron chi connectivity index (χ1n) is 4.44. The van der Waals surface area contributed by atoms with Gasteiger partial charge in [-0.1, -0.05) is 6.08 Å². The van der Waals surface area contributed by atoms with Gasteiger partial charge in [-0.2, -0.15) is 0 Å². The van der Waals surface area contributed by atoms with Gasteiger partial charge in [0.1, 0.15) is 6.10 Å². The number of hydrogen-bond acceptors (Lipinski definition) is 4. The van der Waals surface area contributed by atoms with E-state index in [4.69, 9.17) is 9.47 Å². The summed E-state index contributed by atoms with van der Waals surface area (Å²) in [5.74, 6) is -1.24. The minimum absolute atomic E-state index is 0.451. The van der Waals surface area contributed by atoms with E-state index in [9.17, 15) is 4.79 Å². The second-order valence-electron chi connectivity index (χ2n) is 3.87. The zero-order valence-corrected chi connectivity index (χ0v) is 8.99. The van der Waals surface area contributed by atoms with Gasteiger partial charge in [-0.25, -0.2) is 4.79 Å². The molecule has 1 fully saturated rings. The third-order valence-corrected chi connectivity index (χ3v) is 2.22. The lowest BCUT2D eigenvalue weighted by Gasteiger charge is -2.24. The molecule has 0 unspecified atom stereocenters. The van der Waals surface area contributed by atoms with Crippen LogP contribution in [-0.4, -0.2) is 30.6 Å². The first kappa shape index (κ1) is 11.2. The number of carbonyl (C=O) groups excluding carboxylic acids is 1. The molecule has 0 aliphatic carbocycles. The third-order valence-electron chi connectivity index (χ3n) is 2.22. The quantitative estimate of drug-likeness (QED) is 0.497. The molecule has 2 atom stereocenters. The Morgan fingerprint density at radius 2 is 2.07 bits per heavy atom. The van der Waals surface area contributed by atoms with Crippen molar-refractivity contribution in [3.8, 4) is 0 Å². The number of methoxy groups -OCH3 is 1. The van der Waals surface area contributed by atoms with Gasteiger partial charge in [0.15, 0.2) is 11.4 Å². The zero-order chi connectivity index (χ0) is 11.0. The largest absolute Gasteiger partial charge is 0.467 e. The minimum atomic E-state index is -1.10. The Bertz CT molecular complexity index is 259. The molecule has 80 valence electrons. The highest BCUT2D eigenvalue weighted by molar-refractivity contribution is 5.80. The van der Waals surface area contributed by atoms with Crippen molar-refractivity contribution in [2.75, 3.05) is 7.11 Å². The van der Waals surface area contributed by atoms with Gasteiger partial charge in [-0.15, -0.1) is 6.58 Å². The first-order chi connectivity index (χ1) is 6.35. The van der Waals surface area contributed by atoms with Gasteiger partial charge in [0.2, 0.25) is 0 Å². The summed E-state index contributed by atoms with van der Waals surface area (Å²) in [7, 11) is 1.32. The molecule has 1 aliphatic rings. The van der Waals surface area contributed by atoms with E-state index in [1.165, 1.54) is 7.11 Å². The van der Waals surface area contributed by atoms with E-state index in [-0.39, 0.29) is 0 Å². The van der Waals surface area contributed by atoms with Crippen LogP contribution in [0.25, 0.3) is 0 Å². The first-order valence-corrected chi connectivity index (χ1v) is 4.44. The van der Waals surface area contributed by atoms with Crippen LogP contribution in [0.3, 0.4) is 0 Å². The fourth-order valence-electron chi connectivity index (χ4n) is 1.64. The molecule has 1 saturated heterocycles. The van der Waals surface area contributed by atoms with E-state index in [0.717, 1.165) is 0 Å². The maximum absolute atomic E-state index is 11.5. The van der Waals surface area contributed by atoms with Crippen molar-refractivity contribution >= 4 is 5.97 Å². The van der Waals surface area contributed by atoms with Gasteiger partial charge in [-0.3, -0.25) is 0 Å². The van der Waals surface area contributed by atoms with Gasteiger partial charge in [0.25, 0.3) is 0 Å². The predicted molar refractivity (Wildman–Crippen MR) is 50.7 cm³/mol. The lowest BCUT2D eigenvalue weighted by Crippen LogP contribution is -2.45. The molecule has 1 heterocycles. The van der Waals surface area contributed by atoms with Crippen LogP contribution in [0.4, 0.5) is 0 Å². The second kappa shape index (κ2) is 3.37. The second-order valence-corrected chi connectivity index (χ2v) is 3.87. The van der Waals surface area contributed by atoms with Crippen LogP contribution in [-0.2, 0) is 19.0 Å². The summed E-state index contributed by atoms with van der Waals surface area (Å²) in [5, 5.41) is 0. The van der Waals surface area contributed by atoms with Crippen molar-refractivity contribution in [2.45, 2.75) is 38.3 Å². The van der Waals surface area contributed by atoms with Gasteiger partial charge in [-0.05, 0) is 20.8 Å². The smallest absolute Gasteiger partial charge is 0.341 e. The molecule has 0 radical (unpaired) electrons. The number of carbonyl (C=O) groups is 1. The van der Waals surface area contributed by atoms with Crippen LogP contribution in [0.15, 0.2) is 12.7 Å². The number of hydrogen-bond donors (Lipinski definition) is 0. The fourth-order valence-corrected chi connectivity index (χ4v) is 1.64. The predicted octanol–water partition coefficient (Wildman–Crippen LogP) is 1.26. The molecule has 0 bridgehead atoms.